The lowest BCUT2D eigenvalue weighted by atomic mass is 9.97. The normalized spacial score (nSPS) is 26.0. The molecule has 0 aromatic rings. The lowest BCUT2D eigenvalue weighted by Crippen LogP contribution is -2.41. The smallest absolute Gasteiger partial charge is 0.307 e. The van der Waals surface area contributed by atoms with Gasteiger partial charge in [0.1, 0.15) is 0 Å². The van der Waals surface area contributed by atoms with E-state index in [1.807, 2.05) is 0 Å². The first-order valence-corrected chi connectivity index (χ1v) is 5.28. The molecule has 0 radical (unpaired) electrons. The molecule has 82 valence electrons. The van der Waals surface area contributed by atoms with Crippen LogP contribution in [0.3, 0.4) is 0 Å². The van der Waals surface area contributed by atoms with Crippen molar-refractivity contribution in [2.24, 2.45) is 17.6 Å². The lowest BCUT2D eigenvalue weighted by molar-refractivity contribution is -0.141. The van der Waals surface area contributed by atoms with E-state index in [1.165, 1.54) is 6.42 Å². The van der Waals surface area contributed by atoms with Gasteiger partial charge >= 0.3 is 5.97 Å². The Morgan fingerprint density at radius 1 is 1.71 bits per heavy atom. The van der Waals surface area contributed by atoms with Crippen molar-refractivity contribution in [2.75, 3.05) is 26.2 Å². The van der Waals surface area contributed by atoms with Crippen molar-refractivity contribution in [3.05, 3.63) is 0 Å². The van der Waals surface area contributed by atoms with Crippen LogP contribution in [0.25, 0.3) is 0 Å². The molecule has 0 spiro atoms. The minimum absolute atomic E-state index is 0.272. The number of rotatable bonds is 4. The number of carboxylic acids is 1. The maximum absolute atomic E-state index is 10.7. The summed E-state index contributed by atoms with van der Waals surface area (Å²) in [6.45, 7) is 5.13. The summed E-state index contributed by atoms with van der Waals surface area (Å²) >= 11 is 0. The standard InChI is InChI=1S/C10H20N2O2/c1-8(10(13)14)6-12-4-2-3-9(5-11)7-12/h8-9H,2-7,11H2,1H3,(H,13,14). The molecule has 14 heavy (non-hydrogen) atoms. The summed E-state index contributed by atoms with van der Waals surface area (Å²) < 4.78 is 0. The Morgan fingerprint density at radius 3 is 3.00 bits per heavy atom. The topological polar surface area (TPSA) is 66.6 Å². The molecule has 1 rings (SSSR count). The predicted octanol–water partition coefficient (Wildman–Crippen LogP) is 0.378. The number of carbonyl (C=O) groups is 1. The van der Waals surface area contributed by atoms with Crippen LogP contribution >= 0.6 is 0 Å². The molecule has 0 aromatic heterocycles. The van der Waals surface area contributed by atoms with Crippen LogP contribution in [-0.4, -0.2) is 42.2 Å². The molecular weight excluding hydrogens is 180 g/mol. The number of aliphatic carboxylic acids is 1. The Morgan fingerprint density at radius 2 is 2.43 bits per heavy atom. The third-order valence-electron chi connectivity index (χ3n) is 2.89. The number of hydrogen-bond acceptors (Lipinski definition) is 3. The summed E-state index contributed by atoms with van der Waals surface area (Å²) in [7, 11) is 0. The molecule has 4 nitrogen and oxygen atoms in total. The predicted molar refractivity (Wildman–Crippen MR) is 55.0 cm³/mol. The fourth-order valence-corrected chi connectivity index (χ4v) is 1.97. The van der Waals surface area contributed by atoms with E-state index in [-0.39, 0.29) is 5.92 Å². The van der Waals surface area contributed by atoms with E-state index >= 15 is 0 Å². The Bertz CT molecular complexity index is 197. The van der Waals surface area contributed by atoms with Gasteiger partial charge in [0.05, 0.1) is 5.92 Å². The minimum Gasteiger partial charge on any atom is -0.481 e. The molecule has 1 aliphatic heterocycles. The third kappa shape index (κ3) is 3.27. The summed E-state index contributed by atoms with van der Waals surface area (Å²) in [6.07, 6.45) is 2.34. The number of nitrogens with zero attached hydrogens (tertiary/aromatic N) is 1. The van der Waals surface area contributed by atoms with Crippen LogP contribution in [0, 0.1) is 11.8 Å². The van der Waals surface area contributed by atoms with E-state index < -0.39 is 5.97 Å². The zero-order valence-corrected chi connectivity index (χ0v) is 8.78. The number of carboxylic acid groups (broad SMARTS) is 1. The molecule has 2 unspecified atom stereocenters. The molecular formula is C10H20N2O2. The van der Waals surface area contributed by atoms with Crippen molar-refractivity contribution in [1.82, 2.24) is 4.90 Å². The van der Waals surface area contributed by atoms with Gasteiger partial charge in [-0.2, -0.15) is 0 Å². The van der Waals surface area contributed by atoms with Crippen LogP contribution in [0.2, 0.25) is 0 Å². The Balaban J connectivity index is 2.33. The van der Waals surface area contributed by atoms with E-state index in [1.54, 1.807) is 6.92 Å². The zero-order chi connectivity index (χ0) is 10.6. The first-order chi connectivity index (χ1) is 6.63. The molecule has 0 bridgehead atoms. The van der Waals surface area contributed by atoms with E-state index in [0.717, 1.165) is 26.1 Å². The van der Waals surface area contributed by atoms with Gasteiger partial charge in [-0.1, -0.05) is 6.92 Å². The SMILES string of the molecule is CC(CN1CCCC(CN)C1)C(=O)O. The van der Waals surface area contributed by atoms with Crippen molar-refractivity contribution < 1.29 is 9.90 Å². The van der Waals surface area contributed by atoms with E-state index in [9.17, 15) is 4.79 Å². The molecule has 1 saturated heterocycles. The van der Waals surface area contributed by atoms with E-state index in [4.69, 9.17) is 10.8 Å². The number of hydrogen-bond donors (Lipinski definition) is 2. The van der Waals surface area contributed by atoms with Gasteiger partial charge in [-0.15, -0.1) is 0 Å². The highest BCUT2D eigenvalue weighted by molar-refractivity contribution is 5.69. The van der Waals surface area contributed by atoms with Crippen molar-refractivity contribution in [3.63, 3.8) is 0 Å². The maximum Gasteiger partial charge on any atom is 0.307 e. The second-order valence-corrected chi connectivity index (χ2v) is 4.24. The first-order valence-electron chi connectivity index (χ1n) is 5.28. The quantitative estimate of drug-likeness (QED) is 0.688. The first kappa shape index (κ1) is 11.5. The van der Waals surface area contributed by atoms with Crippen LogP contribution < -0.4 is 5.73 Å². The van der Waals surface area contributed by atoms with Gasteiger partial charge in [0, 0.05) is 13.1 Å². The molecule has 0 amide bonds. The van der Waals surface area contributed by atoms with Crippen LogP contribution in [0.5, 0.6) is 0 Å². The summed E-state index contributed by atoms with van der Waals surface area (Å²) in [5.41, 5.74) is 5.61. The van der Waals surface area contributed by atoms with Gasteiger partial charge in [0.15, 0.2) is 0 Å². The van der Waals surface area contributed by atoms with E-state index in [2.05, 4.69) is 4.90 Å². The van der Waals surface area contributed by atoms with Gasteiger partial charge in [0.2, 0.25) is 0 Å². The maximum atomic E-state index is 10.7. The largest absolute Gasteiger partial charge is 0.481 e. The molecule has 0 aromatic carbocycles. The lowest BCUT2D eigenvalue weighted by Gasteiger charge is -2.32. The molecule has 1 fully saturated rings. The number of piperidine rings is 1. The van der Waals surface area contributed by atoms with Gasteiger partial charge in [-0.05, 0) is 31.8 Å². The fraction of sp³-hybridized carbons (Fsp3) is 0.900. The van der Waals surface area contributed by atoms with Crippen LogP contribution in [0.4, 0.5) is 0 Å². The van der Waals surface area contributed by atoms with Crippen molar-refractivity contribution in [3.8, 4) is 0 Å². The highest BCUT2D eigenvalue weighted by Gasteiger charge is 2.22. The van der Waals surface area contributed by atoms with Crippen LogP contribution in [0.15, 0.2) is 0 Å². The average molecular weight is 200 g/mol. The summed E-state index contributed by atoms with van der Waals surface area (Å²) in [4.78, 5) is 12.9. The fourth-order valence-electron chi connectivity index (χ4n) is 1.97. The second-order valence-electron chi connectivity index (χ2n) is 4.24. The van der Waals surface area contributed by atoms with Gasteiger partial charge < -0.3 is 15.7 Å². The second kappa shape index (κ2) is 5.32. The Labute approximate surface area is 85.1 Å². The monoisotopic (exact) mass is 200 g/mol. The molecule has 0 aliphatic carbocycles. The van der Waals surface area contributed by atoms with E-state index in [0.29, 0.717) is 12.5 Å². The van der Waals surface area contributed by atoms with Crippen molar-refractivity contribution in [1.29, 1.82) is 0 Å². The van der Waals surface area contributed by atoms with Crippen molar-refractivity contribution in [2.45, 2.75) is 19.8 Å². The average Bonchev–Trinajstić information content (AvgIpc) is 2.18. The molecule has 4 heteroatoms. The zero-order valence-electron chi connectivity index (χ0n) is 8.78. The highest BCUT2D eigenvalue weighted by atomic mass is 16.4. The summed E-state index contributed by atoms with van der Waals surface area (Å²) in [5, 5.41) is 8.78. The van der Waals surface area contributed by atoms with Crippen LogP contribution in [0.1, 0.15) is 19.8 Å². The van der Waals surface area contributed by atoms with Crippen molar-refractivity contribution >= 4 is 5.97 Å². The number of nitrogens with two attached hydrogens (primary N) is 1. The van der Waals surface area contributed by atoms with Crippen LogP contribution in [-0.2, 0) is 4.79 Å². The van der Waals surface area contributed by atoms with Gasteiger partial charge in [0.25, 0.3) is 0 Å². The highest BCUT2D eigenvalue weighted by Crippen LogP contribution is 2.16. The number of likely N-dealkylation sites (tertiary alicyclic amines) is 1. The molecule has 3 N–H and O–H groups in total. The summed E-state index contributed by atoms with van der Waals surface area (Å²) in [5.74, 6) is -0.420. The summed E-state index contributed by atoms with van der Waals surface area (Å²) in [6, 6.07) is 0. The molecule has 1 aliphatic rings. The molecule has 0 saturated carbocycles. The third-order valence-corrected chi connectivity index (χ3v) is 2.89. The molecule has 2 atom stereocenters. The van der Waals surface area contributed by atoms with Gasteiger partial charge in [-0.25, -0.2) is 0 Å². The van der Waals surface area contributed by atoms with Gasteiger partial charge in [-0.3, -0.25) is 4.79 Å². The Hall–Kier alpha value is -0.610. The minimum atomic E-state index is -0.708. The molecule has 1 heterocycles. The Kier molecular flexibility index (Phi) is 4.35.